The van der Waals surface area contributed by atoms with Crippen LogP contribution in [-0.4, -0.2) is 61.5 Å². The number of piperidine rings is 2. The average molecular weight is 465 g/mol. The van der Waals surface area contributed by atoms with Crippen LogP contribution in [-0.2, 0) is 4.79 Å². The van der Waals surface area contributed by atoms with Gasteiger partial charge in [-0.15, -0.1) is 0 Å². The minimum Gasteiger partial charge on any atom is -0.493 e. The summed E-state index contributed by atoms with van der Waals surface area (Å²) in [6.07, 6.45) is 4.68. The maximum Gasteiger partial charge on any atom is 0.254 e. The van der Waals surface area contributed by atoms with E-state index in [-0.39, 0.29) is 17.7 Å². The predicted molar refractivity (Wildman–Crippen MR) is 127 cm³/mol. The Morgan fingerprint density at radius 2 is 1.84 bits per heavy atom. The van der Waals surface area contributed by atoms with Crippen LogP contribution < -0.4 is 9.47 Å². The van der Waals surface area contributed by atoms with Crippen molar-refractivity contribution >= 4 is 23.4 Å². The molecule has 0 spiro atoms. The normalized spacial score (nSPS) is 19.9. The molecule has 2 aliphatic rings. The molecule has 1 unspecified atom stereocenters. The summed E-state index contributed by atoms with van der Waals surface area (Å²) in [4.78, 5) is 30.1. The van der Waals surface area contributed by atoms with Gasteiger partial charge in [-0.3, -0.25) is 9.59 Å². The molecule has 1 aromatic rings. The minimum atomic E-state index is -0.128. The minimum absolute atomic E-state index is 0.122. The second kappa shape index (κ2) is 11.3. The van der Waals surface area contributed by atoms with Gasteiger partial charge in [-0.25, -0.2) is 0 Å². The van der Waals surface area contributed by atoms with E-state index in [1.54, 1.807) is 24.1 Å². The third-order valence-corrected chi connectivity index (χ3v) is 6.85. The van der Waals surface area contributed by atoms with E-state index < -0.39 is 0 Å². The Balaban J connectivity index is 1.68. The molecular formula is C25H37ClN2O4. The van der Waals surface area contributed by atoms with Crippen LogP contribution in [0.3, 0.4) is 0 Å². The molecule has 0 aromatic heterocycles. The first-order valence-corrected chi connectivity index (χ1v) is 12.3. The largest absolute Gasteiger partial charge is 0.493 e. The first kappa shape index (κ1) is 24.7. The van der Waals surface area contributed by atoms with Crippen molar-refractivity contribution in [1.29, 1.82) is 0 Å². The van der Waals surface area contributed by atoms with Crippen molar-refractivity contribution in [3.05, 3.63) is 22.7 Å². The highest BCUT2D eigenvalue weighted by molar-refractivity contribution is 6.32. The van der Waals surface area contributed by atoms with Gasteiger partial charge in [0, 0.05) is 31.7 Å². The van der Waals surface area contributed by atoms with Gasteiger partial charge in [0.15, 0.2) is 11.5 Å². The molecular weight excluding hydrogens is 428 g/mol. The van der Waals surface area contributed by atoms with Gasteiger partial charge in [0.05, 0.1) is 24.7 Å². The highest BCUT2D eigenvalue weighted by atomic mass is 35.5. The number of ether oxygens (including phenoxy) is 2. The number of rotatable bonds is 7. The lowest BCUT2D eigenvalue weighted by molar-refractivity contribution is -0.138. The van der Waals surface area contributed by atoms with Crippen LogP contribution in [0, 0.1) is 17.8 Å². The van der Waals surface area contributed by atoms with Crippen molar-refractivity contribution in [2.24, 2.45) is 17.8 Å². The first-order chi connectivity index (χ1) is 15.3. The van der Waals surface area contributed by atoms with E-state index >= 15 is 0 Å². The predicted octanol–water partition coefficient (Wildman–Crippen LogP) is 4.88. The highest BCUT2D eigenvalue weighted by Crippen LogP contribution is 2.37. The maximum atomic E-state index is 13.3. The van der Waals surface area contributed by atoms with Crippen LogP contribution in [0.2, 0.25) is 5.02 Å². The Morgan fingerprint density at radius 3 is 2.50 bits per heavy atom. The zero-order valence-electron chi connectivity index (χ0n) is 19.9. The number of carbonyl (C=O) groups excluding carboxylic acids is 2. The second-order valence-electron chi connectivity index (χ2n) is 9.62. The average Bonchev–Trinajstić information content (AvgIpc) is 2.79. The first-order valence-electron chi connectivity index (χ1n) is 11.9. The molecule has 2 heterocycles. The number of carbonyl (C=O) groups is 2. The molecule has 2 amide bonds. The summed E-state index contributed by atoms with van der Waals surface area (Å²) in [7, 11) is 1.55. The van der Waals surface area contributed by atoms with Crippen LogP contribution in [0.15, 0.2) is 12.1 Å². The van der Waals surface area contributed by atoms with E-state index in [4.69, 9.17) is 21.1 Å². The molecule has 0 aliphatic carbocycles. The number of likely N-dealkylation sites (tertiary alicyclic amines) is 2. The molecule has 1 atom stereocenters. The molecule has 6 nitrogen and oxygen atoms in total. The summed E-state index contributed by atoms with van der Waals surface area (Å²) in [6, 6.07) is 3.34. The molecule has 0 radical (unpaired) electrons. The molecule has 0 bridgehead atoms. The Morgan fingerprint density at radius 1 is 1.12 bits per heavy atom. The molecule has 7 heteroatoms. The number of halogens is 1. The van der Waals surface area contributed by atoms with Crippen LogP contribution in [0.5, 0.6) is 11.5 Å². The molecule has 2 saturated heterocycles. The van der Waals surface area contributed by atoms with Crippen LogP contribution >= 0.6 is 11.6 Å². The van der Waals surface area contributed by atoms with Crippen molar-refractivity contribution in [1.82, 2.24) is 9.80 Å². The van der Waals surface area contributed by atoms with Gasteiger partial charge in [-0.05, 0) is 56.1 Å². The number of nitrogens with zero attached hydrogens (tertiary/aromatic N) is 2. The summed E-state index contributed by atoms with van der Waals surface area (Å²) >= 11 is 6.47. The number of hydrogen-bond acceptors (Lipinski definition) is 4. The summed E-state index contributed by atoms with van der Waals surface area (Å²) in [6.45, 7) is 9.79. The molecule has 0 saturated carbocycles. The van der Waals surface area contributed by atoms with Crippen LogP contribution in [0.4, 0.5) is 0 Å². The van der Waals surface area contributed by atoms with E-state index in [1.165, 1.54) is 0 Å². The van der Waals surface area contributed by atoms with Crippen molar-refractivity contribution in [3.8, 4) is 11.5 Å². The van der Waals surface area contributed by atoms with Gasteiger partial charge in [-0.2, -0.15) is 0 Å². The zero-order chi connectivity index (χ0) is 23.3. The van der Waals surface area contributed by atoms with E-state index in [0.717, 1.165) is 45.2 Å². The third kappa shape index (κ3) is 6.09. The van der Waals surface area contributed by atoms with Crippen molar-refractivity contribution < 1.29 is 19.1 Å². The van der Waals surface area contributed by atoms with Crippen molar-refractivity contribution in [2.45, 2.75) is 52.9 Å². The fraction of sp³-hybridized carbons (Fsp3) is 0.680. The van der Waals surface area contributed by atoms with E-state index in [1.807, 2.05) is 4.90 Å². The smallest absolute Gasteiger partial charge is 0.254 e. The van der Waals surface area contributed by atoms with E-state index in [2.05, 4.69) is 20.8 Å². The Labute approximate surface area is 197 Å². The lowest BCUT2D eigenvalue weighted by atomic mass is 9.93. The molecule has 3 rings (SSSR count). The fourth-order valence-electron chi connectivity index (χ4n) is 4.41. The molecule has 1 aromatic carbocycles. The quantitative estimate of drug-likeness (QED) is 0.576. The number of amides is 2. The second-order valence-corrected chi connectivity index (χ2v) is 10.0. The lowest BCUT2D eigenvalue weighted by Gasteiger charge is -2.37. The standard InChI is InChI=1S/C25H37ClN2O4/c1-17(2)9-13-32-23-21(26)14-20(15-22(23)31-4)25(30)28-10-5-6-19(16-28)24(29)27-11-7-18(3)8-12-27/h14-15,17-19H,5-13,16H2,1-4H3. The van der Waals surface area contributed by atoms with Crippen LogP contribution in [0.1, 0.15) is 63.2 Å². The van der Waals surface area contributed by atoms with Gasteiger partial charge >= 0.3 is 0 Å². The summed E-state index contributed by atoms with van der Waals surface area (Å²) in [5.74, 6) is 2.07. The molecule has 0 N–H and O–H groups in total. The maximum absolute atomic E-state index is 13.3. The lowest BCUT2D eigenvalue weighted by Crippen LogP contribution is -2.48. The van der Waals surface area contributed by atoms with Crippen molar-refractivity contribution in [2.75, 3.05) is 39.9 Å². The third-order valence-electron chi connectivity index (χ3n) is 6.57. The Bertz CT molecular complexity index is 805. The Kier molecular flexibility index (Phi) is 8.69. The van der Waals surface area contributed by atoms with Gasteiger partial charge in [0.1, 0.15) is 0 Å². The Hall–Kier alpha value is -1.95. The molecule has 2 aliphatic heterocycles. The van der Waals surface area contributed by atoms with Gasteiger partial charge in [-0.1, -0.05) is 32.4 Å². The molecule has 178 valence electrons. The summed E-state index contributed by atoms with van der Waals surface area (Å²) in [5, 5.41) is 0.364. The number of benzene rings is 1. The fourth-order valence-corrected chi connectivity index (χ4v) is 4.68. The molecule has 32 heavy (non-hydrogen) atoms. The number of methoxy groups -OCH3 is 1. The number of hydrogen-bond donors (Lipinski definition) is 0. The topological polar surface area (TPSA) is 59.1 Å². The zero-order valence-corrected chi connectivity index (χ0v) is 20.6. The van der Waals surface area contributed by atoms with E-state index in [0.29, 0.717) is 53.6 Å². The highest BCUT2D eigenvalue weighted by Gasteiger charge is 2.33. The van der Waals surface area contributed by atoms with E-state index in [9.17, 15) is 9.59 Å². The monoisotopic (exact) mass is 464 g/mol. The molecule has 2 fully saturated rings. The summed E-state index contributed by atoms with van der Waals surface area (Å²) in [5.41, 5.74) is 0.461. The van der Waals surface area contributed by atoms with Crippen molar-refractivity contribution in [3.63, 3.8) is 0 Å². The summed E-state index contributed by atoms with van der Waals surface area (Å²) < 4.78 is 11.3. The van der Waals surface area contributed by atoms with Crippen LogP contribution in [0.25, 0.3) is 0 Å². The van der Waals surface area contributed by atoms with Gasteiger partial charge in [0.2, 0.25) is 5.91 Å². The SMILES string of the molecule is COc1cc(C(=O)N2CCCC(C(=O)N3CCC(C)CC3)C2)cc(Cl)c1OCCC(C)C. The van der Waals surface area contributed by atoms with Gasteiger partial charge in [0.25, 0.3) is 5.91 Å². The van der Waals surface area contributed by atoms with Gasteiger partial charge < -0.3 is 19.3 Å².